The number of rotatable bonds is 7. The lowest BCUT2D eigenvalue weighted by molar-refractivity contribution is -0.121. The fourth-order valence-corrected chi connectivity index (χ4v) is 1.85. The molecule has 0 aliphatic heterocycles. The molecule has 1 aromatic carbocycles. The third-order valence-corrected chi connectivity index (χ3v) is 2.97. The van der Waals surface area contributed by atoms with Crippen LogP contribution in [0.25, 0.3) is 0 Å². The molecule has 0 atom stereocenters. The Morgan fingerprint density at radius 3 is 2.61 bits per heavy atom. The summed E-state index contributed by atoms with van der Waals surface area (Å²) in [7, 11) is 2.07. The Kier molecular flexibility index (Phi) is 6.72. The van der Waals surface area contributed by atoms with Gasteiger partial charge in [-0.1, -0.05) is 23.7 Å². The van der Waals surface area contributed by atoms with Gasteiger partial charge >= 0.3 is 0 Å². The Hall–Kier alpha value is -1.10. The van der Waals surface area contributed by atoms with Gasteiger partial charge < -0.3 is 4.90 Å². The summed E-state index contributed by atoms with van der Waals surface area (Å²) in [5.74, 6) is 4.91. The fraction of sp³-hybridized carbons (Fsp3) is 0.462. The van der Waals surface area contributed by atoms with Gasteiger partial charge in [0, 0.05) is 18.0 Å². The topological polar surface area (TPSA) is 58.4 Å². The maximum Gasteiger partial charge on any atom is 0.233 e. The second-order valence-corrected chi connectivity index (χ2v) is 4.83. The first-order valence-electron chi connectivity index (χ1n) is 6.04. The maximum absolute atomic E-state index is 10.9. The monoisotopic (exact) mass is 269 g/mol. The van der Waals surface area contributed by atoms with E-state index in [1.807, 2.05) is 24.3 Å². The molecule has 3 N–H and O–H groups in total. The molecule has 0 bridgehead atoms. The van der Waals surface area contributed by atoms with Crippen LogP contribution in [0.2, 0.25) is 5.02 Å². The van der Waals surface area contributed by atoms with E-state index in [1.54, 1.807) is 0 Å². The summed E-state index contributed by atoms with van der Waals surface area (Å²) in [6, 6.07) is 7.86. The predicted molar refractivity (Wildman–Crippen MR) is 74.0 cm³/mol. The van der Waals surface area contributed by atoms with Crippen molar-refractivity contribution in [1.82, 2.24) is 10.3 Å². The van der Waals surface area contributed by atoms with Crippen LogP contribution in [-0.4, -0.2) is 24.4 Å². The van der Waals surface area contributed by atoms with Gasteiger partial charge in [-0.2, -0.15) is 0 Å². The van der Waals surface area contributed by atoms with Crippen molar-refractivity contribution in [2.75, 3.05) is 13.6 Å². The highest BCUT2D eigenvalue weighted by Gasteiger charge is 2.02. The van der Waals surface area contributed by atoms with Crippen LogP contribution in [0, 0.1) is 0 Å². The Morgan fingerprint density at radius 1 is 1.33 bits per heavy atom. The average molecular weight is 270 g/mol. The first kappa shape index (κ1) is 15.0. The van der Waals surface area contributed by atoms with Crippen LogP contribution in [0.3, 0.4) is 0 Å². The molecule has 4 nitrogen and oxygen atoms in total. The molecule has 0 radical (unpaired) electrons. The first-order chi connectivity index (χ1) is 8.61. The summed E-state index contributed by atoms with van der Waals surface area (Å²) in [6.07, 6.45) is 2.33. The van der Waals surface area contributed by atoms with Gasteiger partial charge in [0.05, 0.1) is 0 Å². The number of hydrogen-bond acceptors (Lipinski definition) is 3. The number of nitrogens with zero attached hydrogens (tertiary/aromatic N) is 1. The summed E-state index contributed by atoms with van der Waals surface area (Å²) in [4.78, 5) is 13.1. The predicted octanol–water partition coefficient (Wildman–Crippen LogP) is 1.93. The van der Waals surface area contributed by atoms with E-state index in [9.17, 15) is 4.79 Å². The Bertz CT molecular complexity index is 367. The molecule has 100 valence electrons. The lowest BCUT2D eigenvalue weighted by atomic mass is 10.2. The third-order valence-electron chi connectivity index (χ3n) is 2.72. The van der Waals surface area contributed by atoms with Crippen LogP contribution in [0.5, 0.6) is 0 Å². The van der Waals surface area contributed by atoms with Crippen molar-refractivity contribution in [3.8, 4) is 0 Å². The number of nitrogens with two attached hydrogens (primary N) is 1. The fourth-order valence-electron chi connectivity index (χ4n) is 1.72. The van der Waals surface area contributed by atoms with Crippen LogP contribution in [0.1, 0.15) is 24.8 Å². The lowest BCUT2D eigenvalue weighted by Gasteiger charge is -2.16. The number of hydrogen-bond donors (Lipinski definition) is 2. The van der Waals surface area contributed by atoms with Gasteiger partial charge in [-0.15, -0.1) is 0 Å². The summed E-state index contributed by atoms with van der Waals surface area (Å²) in [5, 5.41) is 0.759. The number of amides is 1. The van der Waals surface area contributed by atoms with Gasteiger partial charge in [0.15, 0.2) is 0 Å². The molecule has 18 heavy (non-hydrogen) atoms. The first-order valence-corrected chi connectivity index (χ1v) is 6.42. The number of halogens is 1. The van der Waals surface area contributed by atoms with Crippen LogP contribution < -0.4 is 11.3 Å². The number of benzene rings is 1. The van der Waals surface area contributed by atoms with Crippen molar-refractivity contribution < 1.29 is 4.79 Å². The SMILES string of the molecule is CN(CCCCC(=O)NN)Cc1ccc(Cl)cc1. The summed E-state index contributed by atoms with van der Waals surface area (Å²) in [6.45, 7) is 1.85. The van der Waals surface area contributed by atoms with Crippen molar-refractivity contribution in [3.05, 3.63) is 34.9 Å². The third kappa shape index (κ3) is 6.00. The largest absolute Gasteiger partial charge is 0.302 e. The molecule has 0 fully saturated rings. The normalized spacial score (nSPS) is 10.7. The highest BCUT2D eigenvalue weighted by atomic mass is 35.5. The molecule has 1 amide bonds. The second-order valence-electron chi connectivity index (χ2n) is 4.39. The van der Waals surface area contributed by atoms with Gasteiger partial charge in [-0.05, 0) is 44.1 Å². The van der Waals surface area contributed by atoms with Crippen molar-refractivity contribution in [1.29, 1.82) is 0 Å². The van der Waals surface area contributed by atoms with Crippen LogP contribution >= 0.6 is 11.6 Å². The average Bonchev–Trinajstić information content (AvgIpc) is 2.37. The second kappa shape index (κ2) is 8.08. The zero-order chi connectivity index (χ0) is 13.4. The molecule has 0 aliphatic rings. The minimum atomic E-state index is -0.102. The quantitative estimate of drug-likeness (QED) is 0.344. The zero-order valence-electron chi connectivity index (χ0n) is 10.7. The number of unbranched alkanes of at least 4 members (excludes halogenated alkanes) is 1. The molecular formula is C13H20ClN3O. The van der Waals surface area contributed by atoms with Crippen molar-refractivity contribution in [2.24, 2.45) is 5.84 Å². The molecule has 0 saturated heterocycles. The Labute approximate surface area is 113 Å². The number of hydrazine groups is 1. The van der Waals surface area contributed by atoms with Gasteiger partial charge in [-0.3, -0.25) is 10.2 Å². The molecular weight excluding hydrogens is 250 g/mol. The number of carbonyl (C=O) groups excluding carboxylic acids is 1. The molecule has 0 aromatic heterocycles. The van der Waals surface area contributed by atoms with E-state index in [0.717, 1.165) is 31.0 Å². The van der Waals surface area contributed by atoms with Gasteiger partial charge in [0.2, 0.25) is 5.91 Å². The van der Waals surface area contributed by atoms with E-state index in [-0.39, 0.29) is 5.91 Å². The minimum absolute atomic E-state index is 0.102. The van der Waals surface area contributed by atoms with Crippen molar-refractivity contribution in [3.63, 3.8) is 0 Å². The molecule has 0 spiro atoms. The summed E-state index contributed by atoms with van der Waals surface area (Å²) in [5.41, 5.74) is 3.37. The van der Waals surface area contributed by atoms with Crippen LogP contribution in [0.15, 0.2) is 24.3 Å². The van der Waals surface area contributed by atoms with E-state index in [2.05, 4.69) is 17.4 Å². The molecule has 0 heterocycles. The van der Waals surface area contributed by atoms with Crippen molar-refractivity contribution >= 4 is 17.5 Å². The van der Waals surface area contributed by atoms with E-state index in [1.165, 1.54) is 5.56 Å². The molecule has 0 unspecified atom stereocenters. The highest BCUT2D eigenvalue weighted by Crippen LogP contribution is 2.11. The Morgan fingerprint density at radius 2 is 2.00 bits per heavy atom. The molecule has 5 heteroatoms. The molecule has 0 aliphatic carbocycles. The highest BCUT2D eigenvalue weighted by molar-refractivity contribution is 6.30. The van der Waals surface area contributed by atoms with Gasteiger partial charge in [-0.25, -0.2) is 5.84 Å². The smallest absolute Gasteiger partial charge is 0.233 e. The van der Waals surface area contributed by atoms with E-state index < -0.39 is 0 Å². The maximum atomic E-state index is 10.9. The molecule has 1 rings (SSSR count). The Balaban J connectivity index is 2.19. The van der Waals surface area contributed by atoms with E-state index in [4.69, 9.17) is 17.4 Å². The zero-order valence-corrected chi connectivity index (χ0v) is 11.4. The van der Waals surface area contributed by atoms with E-state index >= 15 is 0 Å². The summed E-state index contributed by atoms with van der Waals surface area (Å²) >= 11 is 5.83. The molecule has 1 aromatic rings. The minimum Gasteiger partial charge on any atom is -0.302 e. The lowest BCUT2D eigenvalue weighted by Crippen LogP contribution is -2.29. The standard InChI is InChI=1S/C13H20ClN3O/c1-17(9-3-2-4-13(18)16-15)10-11-5-7-12(14)8-6-11/h5-8H,2-4,9-10,15H2,1H3,(H,16,18). The van der Waals surface area contributed by atoms with Gasteiger partial charge in [0.25, 0.3) is 0 Å². The molecule has 0 saturated carbocycles. The number of nitrogens with one attached hydrogen (secondary N) is 1. The van der Waals surface area contributed by atoms with Gasteiger partial charge in [0.1, 0.15) is 0 Å². The van der Waals surface area contributed by atoms with E-state index in [0.29, 0.717) is 6.42 Å². The number of carbonyl (C=O) groups is 1. The van der Waals surface area contributed by atoms with Crippen molar-refractivity contribution in [2.45, 2.75) is 25.8 Å². The van der Waals surface area contributed by atoms with Crippen LogP contribution in [0.4, 0.5) is 0 Å². The summed E-state index contributed by atoms with van der Waals surface area (Å²) < 4.78 is 0. The van der Waals surface area contributed by atoms with Crippen LogP contribution in [-0.2, 0) is 11.3 Å².